The van der Waals surface area contributed by atoms with Gasteiger partial charge in [0.15, 0.2) is 0 Å². The van der Waals surface area contributed by atoms with Crippen LogP contribution in [0.1, 0.15) is 17.3 Å². The Balaban J connectivity index is 1.96. The van der Waals surface area contributed by atoms with Gasteiger partial charge in [-0.05, 0) is 42.9 Å². The Labute approximate surface area is 179 Å². The Hall–Kier alpha value is -2.00. The van der Waals surface area contributed by atoms with Crippen LogP contribution >= 0.6 is 23.2 Å². The molecule has 3 rings (SSSR count). The first-order valence-electron chi connectivity index (χ1n) is 9.04. The third-order valence-corrected chi connectivity index (χ3v) is 6.95. The largest absolute Gasteiger partial charge is 0.478 e. The van der Waals surface area contributed by atoms with Crippen molar-refractivity contribution in [3.63, 3.8) is 0 Å². The van der Waals surface area contributed by atoms with Crippen molar-refractivity contribution in [3.05, 3.63) is 52.0 Å². The van der Waals surface area contributed by atoms with E-state index in [1.165, 1.54) is 30.3 Å². The molecule has 0 amide bonds. The monoisotopic (exact) mass is 457 g/mol. The van der Waals surface area contributed by atoms with E-state index in [4.69, 9.17) is 23.2 Å². The van der Waals surface area contributed by atoms with Crippen molar-refractivity contribution in [1.29, 1.82) is 0 Å². The summed E-state index contributed by atoms with van der Waals surface area (Å²) in [5.41, 5.74) is 0.836. The standard InChI is InChI=1S/C19H21Cl2N3O4S/c1-2-23-7-9-24(10-8-23)18-6-3-13(19(25)26)11-17(18)22-29(27,28)14-4-5-15(20)16(21)12-14/h3-6,11-12,22H,2,7-10H2,1H3,(H,25,26). The topological polar surface area (TPSA) is 89.9 Å². The number of likely N-dealkylation sites (N-methyl/N-ethyl adjacent to an activating group) is 1. The molecule has 10 heteroatoms. The maximum absolute atomic E-state index is 12.9. The van der Waals surface area contributed by atoms with Crippen molar-refractivity contribution in [3.8, 4) is 0 Å². The Morgan fingerprint density at radius 3 is 2.34 bits per heavy atom. The Kier molecular flexibility index (Phi) is 6.58. The lowest BCUT2D eigenvalue weighted by Crippen LogP contribution is -2.46. The molecule has 0 saturated carbocycles. The van der Waals surface area contributed by atoms with Crippen LogP contribution in [-0.2, 0) is 10.0 Å². The minimum Gasteiger partial charge on any atom is -0.478 e. The van der Waals surface area contributed by atoms with Crippen molar-refractivity contribution >= 4 is 50.6 Å². The summed E-state index contributed by atoms with van der Waals surface area (Å²) in [4.78, 5) is 15.7. The molecule has 0 radical (unpaired) electrons. The summed E-state index contributed by atoms with van der Waals surface area (Å²) < 4.78 is 28.3. The number of nitrogens with one attached hydrogen (secondary N) is 1. The van der Waals surface area contributed by atoms with Gasteiger partial charge in [0.1, 0.15) is 0 Å². The molecule has 1 heterocycles. The first-order chi connectivity index (χ1) is 13.7. The maximum atomic E-state index is 12.9. The van der Waals surface area contributed by atoms with Crippen LogP contribution in [0.15, 0.2) is 41.3 Å². The number of carbonyl (C=O) groups is 1. The second kappa shape index (κ2) is 8.79. The van der Waals surface area contributed by atoms with Crippen LogP contribution in [0.5, 0.6) is 0 Å². The average Bonchev–Trinajstić information content (AvgIpc) is 2.69. The molecule has 2 aromatic rings. The number of rotatable bonds is 6. The minimum absolute atomic E-state index is 0.00668. The third-order valence-electron chi connectivity index (χ3n) is 4.85. The van der Waals surface area contributed by atoms with E-state index in [-0.39, 0.29) is 26.2 Å². The molecular weight excluding hydrogens is 437 g/mol. The minimum atomic E-state index is -3.99. The molecular formula is C19H21Cl2N3O4S. The molecule has 7 nitrogen and oxygen atoms in total. The summed E-state index contributed by atoms with van der Waals surface area (Å²) in [6.07, 6.45) is 0. The number of sulfonamides is 1. The molecule has 0 spiro atoms. The molecule has 0 unspecified atom stereocenters. The molecule has 29 heavy (non-hydrogen) atoms. The van der Waals surface area contributed by atoms with Crippen molar-refractivity contribution in [2.24, 2.45) is 0 Å². The van der Waals surface area contributed by atoms with Gasteiger partial charge in [0.2, 0.25) is 0 Å². The SMILES string of the molecule is CCN1CCN(c2ccc(C(=O)O)cc2NS(=O)(=O)c2ccc(Cl)c(Cl)c2)CC1. The highest BCUT2D eigenvalue weighted by molar-refractivity contribution is 7.92. The molecule has 0 aromatic heterocycles. The van der Waals surface area contributed by atoms with Gasteiger partial charge in [-0.2, -0.15) is 0 Å². The van der Waals surface area contributed by atoms with Crippen LogP contribution in [0.2, 0.25) is 10.0 Å². The predicted molar refractivity (Wildman–Crippen MR) is 115 cm³/mol. The van der Waals surface area contributed by atoms with E-state index in [2.05, 4.69) is 16.5 Å². The zero-order chi connectivity index (χ0) is 21.2. The number of aromatic carboxylic acids is 1. The molecule has 156 valence electrons. The Morgan fingerprint density at radius 1 is 1.07 bits per heavy atom. The van der Waals surface area contributed by atoms with Gasteiger partial charge in [-0.3, -0.25) is 4.72 Å². The van der Waals surface area contributed by atoms with Gasteiger partial charge in [-0.25, -0.2) is 13.2 Å². The molecule has 1 aliphatic rings. The number of halogens is 2. The Bertz CT molecular complexity index is 1020. The number of carboxylic acid groups (broad SMARTS) is 1. The van der Waals surface area contributed by atoms with E-state index in [1.54, 1.807) is 6.07 Å². The van der Waals surface area contributed by atoms with Crippen LogP contribution in [0.3, 0.4) is 0 Å². The molecule has 1 saturated heterocycles. The van der Waals surface area contributed by atoms with Gasteiger partial charge >= 0.3 is 5.97 Å². The zero-order valence-corrected chi connectivity index (χ0v) is 18.1. The smallest absolute Gasteiger partial charge is 0.335 e. The highest BCUT2D eigenvalue weighted by atomic mass is 35.5. The average molecular weight is 458 g/mol. The summed E-state index contributed by atoms with van der Waals surface area (Å²) in [5.74, 6) is -1.14. The number of benzene rings is 2. The number of carboxylic acids is 1. The third kappa shape index (κ3) is 4.95. The molecule has 2 aromatic carbocycles. The van der Waals surface area contributed by atoms with E-state index in [1.807, 2.05) is 4.90 Å². The van der Waals surface area contributed by atoms with Gasteiger partial charge in [-0.15, -0.1) is 0 Å². The number of anilines is 2. The quantitative estimate of drug-likeness (QED) is 0.687. The second-order valence-electron chi connectivity index (χ2n) is 6.64. The fraction of sp³-hybridized carbons (Fsp3) is 0.316. The summed E-state index contributed by atoms with van der Waals surface area (Å²) in [6, 6.07) is 8.44. The lowest BCUT2D eigenvalue weighted by Gasteiger charge is -2.36. The number of hydrogen-bond donors (Lipinski definition) is 2. The van der Waals surface area contributed by atoms with Crippen LogP contribution < -0.4 is 9.62 Å². The Morgan fingerprint density at radius 2 is 1.76 bits per heavy atom. The van der Waals surface area contributed by atoms with Gasteiger partial charge in [0, 0.05) is 26.2 Å². The van der Waals surface area contributed by atoms with E-state index >= 15 is 0 Å². The summed E-state index contributed by atoms with van der Waals surface area (Å²) in [7, 11) is -3.99. The fourth-order valence-corrected chi connectivity index (χ4v) is 4.63. The van der Waals surface area contributed by atoms with Gasteiger partial charge in [0.05, 0.1) is 31.9 Å². The van der Waals surface area contributed by atoms with Gasteiger partial charge < -0.3 is 14.9 Å². The van der Waals surface area contributed by atoms with Crippen LogP contribution in [-0.4, -0.2) is 57.1 Å². The first kappa shape index (κ1) is 21.7. The second-order valence-corrected chi connectivity index (χ2v) is 9.14. The highest BCUT2D eigenvalue weighted by Crippen LogP contribution is 2.32. The van der Waals surface area contributed by atoms with Crippen LogP contribution in [0.4, 0.5) is 11.4 Å². The summed E-state index contributed by atoms with van der Waals surface area (Å²) in [6.45, 7) is 6.15. The van der Waals surface area contributed by atoms with Crippen molar-refractivity contribution in [1.82, 2.24) is 4.90 Å². The van der Waals surface area contributed by atoms with Crippen molar-refractivity contribution in [2.45, 2.75) is 11.8 Å². The van der Waals surface area contributed by atoms with Crippen molar-refractivity contribution < 1.29 is 18.3 Å². The van der Waals surface area contributed by atoms with Crippen molar-refractivity contribution in [2.75, 3.05) is 42.3 Å². The summed E-state index contributed by atoms with van der Waals surface area (Å²) >= 11 is 11.8. The van der Waals surface area contributed by atoms with E-state index in [0.29, 0.717) is 18.8 Å². The van der Waals surface area contributed by atoms with Crippen LogP contribution in [0, 0.1) is 0 Å². The highest BCUT2D eigenvalue weighted by Gasteiger charge is 2.23. The van der Waals surface area contributed by atoms with E-state index in [0.717, 1.165) is 19.6 Å². The zero-order valence-electron chi connectivity index (χ0n) is 15.7. The lowest BCUT2D eigenvalue weighted by molar-refractivity contribution is 0.0697. The maximum Gasteiger partial charge on any atom is 0.335 e. The number of nitrogens with zero attached hydrogens (tertiary/aromatic N) is 2. The van der Waals surface area contributed by atoms with E-state index < -0.39 is 16.0 Å². The van der Waals surface area contributed by atoms with E-state index in [9.17, 15) is 18.3 Å². The van der Waals surface area contributed by atoms with Crippen LogP contribution in [0.25, 0.3) is 0 Å². The normalized spacial score (nSPS) is 15.3. The van der Waals surface area contributed by atoms with Gasteiger partial charge in [0.25, 0.3) is 10.0 Å². The van der Waals surface area contributed by atoms with Gasteiger partial charge in [-0.1, -0.05) is 30.1 Å². The molecule has 2 N–H and O–H groups in total. The molecule has 0 atom stereocenters. The summed E-state index contributed by atoms with van der Waals surface area (Å²) in [5, 5.41) is 9.69. The molecule has 1 aliphatic heterocycles. The predicted octanol–water partition coefficient (Wildman–Crippen LogP) is 3.63. The lowest BCUT2D eigenvalue weighted by atomic mass is 10.1. The molecule has 1 fully saturated rings. The number of piperazine rings is 1. The number of hydrogen-bond acceptors (Lipinski definition) is 5. The fourth-order valence-electron chi connectivity index (χ4n) is 3.18. The molecule has 0 bridgehead atoms. The first-order valence-corrected chi connectivity index (χ1v) is 11.3. The molecule has 0 aliphatic carbocycles.